The van der Waals surface area contributed by atoms with E-state index in [0.29, 0.717) is 0 Å². The van der Waals surface area contributed by atoms with Crippen molar-refractivity contribution in [3.8, 4) is 0 Å². The third-order valence-corrected chi connectivity index (χ3v) is 3.30. The Balaban J connectivity index is 3.40. The second kappa shape index (κ2) is 7.27. The van der Waals surface area contributed by atoms with Gasteiger partial charge in [-0.25, -0.2) is 0 Å². The molecule has 0 fully saturated rings. The molecule has 0 saturated carbocycles. The molecule has 0 aromatic heterocycles. The van der Waals surface area contributed by atoms with Gasteiger partial charge in [0.15, 0.2) is 0 Å². The van der Waals surface area contributed by atoms with Crippen LogP contribution in [0.3, 0.4) is 0 Å². The summed E-state index contributed by atoms with van der Waals surface area (Å²) in [7, 11) is 0. The van der Waals surface area contributed by atoms with Crippen LogP contribution in [0.1, 0.15) is 58.8 Å². The van der Waals surface area contributed by atoms with Crippen LogP contribution in [0, 0.1) is 0 Å². The average molecular weight is 264 g/mol. The lowest BCUT2D eigenvalue weighted by Gasteiger charge is -2.17. The van der Waals surface area contributed by atoms with E-state index >= 15 is 0 Å². The Labute approximate surface area is 95.8 Å². The number of unbranched alkanes of at least 4 members (excludes halogenated alkanes) is 5. The van der Waals surface area contributed by atoms with Crippen molar-refractivity contribution in [2.24, 2.45) is 5.73 Å². The number of amides is 1. The molecule has 0 aliphatic rings. The molecular weight excluding hydrogens is 242 g/mol. The summed E-state index contributed by atoms with van der Waals surface area (Å²) in [6.07, 6.45) is 8.30. The highest BCUT2D eigenvalue weighted by atomic mass is 79.9. The van der Waals surface area contributed by atoms with E-state index in [2.05, 4.69) is 22.9 Å². The van der Waals surface area contributed by atoms with Gasteiger partial charge in [0, 0.05) is 0 Å². The fraction of sp³-hybridized carbons (Fsp3) is 0.909. The molecule has 14 heavy (non-hydrogen) atoms. The molecule has 0 bridgehead atoms. The highest BCUT2D eigenvalue weighted by Gasteiger charge is 2.26. The number of alkyl halides is 1. The predicted molar refractivity (Wildman–Crippen MR) is 64.5 cm³/mol. The quantitative estimate of drug-likeness (QED) is 0.530. The van der Waals surface area contributed by atoms with Gasteiger partial charge in [-0.15, -0.1) is 0 Å². The van der Waals surface area contributed by atoms with Gasteiger partial charge in [-0.1, -0.05) is 61.4 Å². The van der Waals surface area contributed by atoms with Crippen LogP contribution >= 0.6 is 15.9 Å². The van der Waals surface area contributed by atoms with Crippen molar-refractivity contribution in [1.82, 2.24) is 0 Å². The molecule has 0 rings (SSSR count). The minimum Gasteiger partial charge on any atom is -0.368 e. The van der Waals surface area contributed by atoms with Gasteiger partial charge in [-0.05, 0) is 13.3 Å². The molecule has 0 aromatic carbocycles. The van der Waals surface area contributed by atoms with Crippen LogP contribution in [0.25, 0.3) is 0 Å². The van der Waals surface area contributed by atoms with Crippen molar-refractivity contribution < 1.29 is 4.79 Å². The first-order valence-electron chi connectivity index (χ1n) is 5.49. The molecule has 0 aliphatic carbocycles. The first-order valence-corrected chi connectivity index (χ1v) is 6.29. The third-order valence-electron chi connectivity index (χ3n) is 2.51. The molecule has 0 aromatic rings. The van der Waals surface area contributed by atoms with Crippen molar-refractivity contribution in [1.29, 1.82) is 0 Å². The Morgan fingerprint density at radius 1 is 1.21 bits per heavy atom. The van der Waals surface area contributed by atoms with E-state index < -0.39 is 4.32 Å². The van der Waals surface area contributed by atoms with Gasteiger partial charge in [0.25, 0.3) is 0 Å². The van der Waals surface area contributed by atoms with Crippen LogP contribution < -0.4 is 5.73 Å². The summed E-state index contributed by atoms with van der Waals surface area (Å²) in [6, 6.07) is 0. The summed E-state index contributed by atoms with van der Waals surface area (Å²) in [5, 5.41) is 0. The monoisotopic (exact) mass is 263 g/mol. The van der Waals surface area contributed by atoms with Gasteiger partial charge in [0.1, 0.15) is 4.32 Å². The third kappa shape index (κ3) is 6.41. The normalized spacial score (nSPS) is 15.1. The van der Waals surface area contributed by atoms with E-state index in [-0.39, 0.29) is 5.91 Å². The number of hydrogen-bond acceptors (Lipinski definition) is 1. The highest BCUT2D eigenvalue weighted by Crippen LogP contribution is 2.24. The van der Waals surface area contributed by atoms with Crippen molar-refractivity contribution in [2.75, 3.05) is 0 Å². The van der Waals surface area contributed by atoms with Gasteiger partial charge in [-0.2, -0.15) is 0 Å². The zero-order valence-electron chi connectivity index (χ0n) is 9.31. The molecule has 1 atom stereocenters. The molecule has 0 heterocycles. The summed E-state index contributed by atoms with van der Waals surface area (Å²) < 4.78 is -0.502. The lowest BCUT2D eigenvalue weighted by atomic mass is 10.0. The van der Waals surface area contributed by atoms with Gasteiger partial charge in [0.05, 0.1) is 0 Å². The SMILES string of the molecule is CCCCCCCCC(C)(Br)C(N)=O. The Bertz CT molecular complexity index is 169. The number of hydrogen-bond donors (Lipinski definition) is 1. The number of primary amides is 1. The summed E-state index contributed by atoms with van der Waals surface area (Å²) in [4.78, 5) is 11.0. The standard InChI is InChI=1S/C11H22BrNO/c1-3-4-5-6-7-8-9-11(2,12)10(13)14/h3-9H2,1-2H3,(H2,13,14). The molecule has 0 spiro atoms. The number of halogens is 1. The fourth-order valence-corrected chi connectivity index (χ4v) is 1.64. The second-order valence-corrected chi connectivity index (χ2v) is 5.83. The molecule has 2 N–H and O–H groups in total. The minimum absolute atomic E-state index is 0.258. The van der Waals surface area contributed by atoms with Crippen LogP contribution in [-0.2, 0) is 4.79 Å². The molecule has 1 unspecified atom stereocenters. The van der Waals surface area contributed by atoms with E-state index in [9.17, 15) is 4.79 Å². The van der Waals surface area contributed by atoms with Crippen molar-refractivity contribution in [3.63, 3.8) is 0 Å². The van der Waals surface area contributed by atoms with Crippen molar-refractivity contribution in [3.05, 3.63) is 0 Å². The summed E-state index contributed by atoms with van der Waals surface area (Å²) >= 11 is 3.35. The van der Waals surface area contributed by atoms with Crippen molar-refractivity contribution in [2.45, 2.75) is 63.1 Å². The van der Waals surface area contributed by atoms with Crippen molar-refractivity contribution >= 4 is 21.8 Å². The maximum atomic E-state index is 11.0. The van der Waals surface area contributed by atoms with Gasteiger partial charge in [0.2, 0.25) is 5.91 Å². The predicted octanol–water partition coefficient (Wildman–Crippen LogP) is 3.38. The van der Waals surface area contributed by atoms with E-state index in [1.54, 1.807) is 0 Å². The van der Waals surface area contributed by atoms with Crippen LogP contribution in [0.2, 0.25) is 0 Å². The Hall–Kier alpha value is -0.0500. The van der Waals surface area contributed by atoms with E-state index in [4.69, 9.17) is 5.73 Å². The zero-order chi connectivity index (χ0) is 11.0. The summed E-state index contributed by atoms with van der Waals surface area (Å²) in [5.74, 6) is -0.258. The van der Waals surface area contributed by atoms with Crippen LogP contribution in [-0.4, -0.2) is 10.2 Å². The Morgan fingerprint density at radius 3 is 2.21 bits per heavy atom. The van der Waals surface area contributed by atoms with E-state index in [1.807, 2.05) is 6.92 Å². The highest BCUT2D eigenvalue weighted by molar-refractivity contribution is 9.10. The number of carbonyl (C=O) groups is 1. The largest absolute Gasteiger partial charge is 0.368 e. The number of nitrogens with two attached hydrogens (primary N) is 1. The first kappa shape index (κ1) is 13.9. The topological polar surface area (TPSA) is 43.1 Å². The minimum atomic E-state index is -0.502. The molecule has 0 saturated heterocycles. The molecule has 1 amide bonds. The average Bonchev–Trinajstić information content (AvgIpc) is 2.10. The smallest absolute Gasteiger partial charge is 0.234 e. The van der Waals surface area contributed by atoms with Crippen LogP contribution in [0.4, 0.5) is 0 Å². The van der Waals surface area contributed by atoms with E-state index in [1.165, 1.54) is 32.1 Å². The zero-order valence-corrected chi connectivity index (χ0v) is 10.9. The molecule has 0 aliphatic heterocycles. The molecule has 3 heteroatoms. The maximum Gasteiger partial charge on any atom is 0.234 e. The molecule has 0 radical (unpaired) electrons. The summed E-state index contributed by atoms with van der Waals surface area (Å²) in [5.41, 5.74) is 5.25. The van der Waals surface area contributed by atoms with Crippen LogP contribution in [0.5, 0.6) is 0 Å². The molecule has 84 valence electrons. The van der Waals surface area contributed by atoms with E-state index in [0.717, 1.165) is 12.8 Å². The fourth-order valence-electron chi connectivity index (χ4n) is 1.36. The molecule has 2 nitrogen and oxygen atoms in total. The molecular formula is C11H22BrNO. The van der Waals surface area contributed by atoms with Gasteiger partial charge in [-0.3, -0.25) is 4.79 Å². The second-order valence-electron chi connectivity index (χ2n) is 4.08. The van der Waals surface area contributed by atoms with Gasteiger partial charge < -0.3 is 5.73 Å². The van der Waals surface area contributed by atoms with Gasteiger partial charge >= 0.3 is 0 Å². The maximum absolute atomic E-state index is 11.0. The Morgan fingerprint density at radius 2 is 1.71 bits per heavy atom. The number of rotatable bonds is 8. The Kier molecular flexibility index (Phi) is 7.24. The first-order chi connectivity index (χ1) is 6.50. The lowest BCUT2D eigenvalue weighted by Crippen LogP contribution is -2.34. The van der Waals surface area contributed by atoms with Crippen LogP contribution in [0.15, 0.2) is 0 Å². The summed E-state index contributed by atoms with van der Waals surface area (Å²) in [6.45, 7) is 4.06. The number of carbonyl (C=O) groups excluding carboxylic acids is 1. The lowest BCUT2D eigenvalue weighted by molar-refractivity contribution is -0.119.